The summed E-state index contributed by atoms with van der Waals surface area (Å²) in [6.45, 7) is 8.11. The number of esters is 3. The van der Waals surface area contributed by atoms with Crippen LogP contribution in [0.4, 0.5) is 4.79 Å². The highest BCUT2D eigenvalue weighted by molar-refractivity contribution is 5.96. The SMILES string of the molecule is CC(C)(C)OC(=O)NC(CCCC1C(=O)OC(C)(C)OC1=O)C(=O)OCc1ccccc1. The van der Waals surface area contributed by atoms with Gasteiger partial charge in [0, 0.05) is 13.8 Å². The van der Waals surface area contributed by atoms with Crippen LogP contribution in [0.25, 0.3) is 0 Å². The third-order valence-electron chi connectivity index (χ3n) is 4.45. The Bertz CT molecular complexity index is 808. The van der Waals surface area contributed by atoms with Crippen LogP contribution in [0.15, 0.2) is 30.3 Å². The Morgan fingerprint density at radius 2 is 1.69 bits per heavy atom. The van der Waals surface area contributed by atoms with Gasteiger partial charge in [0.2, 0.25) is 0 Å². The van der Waals surface area contributed by atoms with Crippen molar-refractivity contribution in [2.24, 2.45) is 5.92 Å². The maximum Gasteiger partial charge on any atom is 0.408 e. The first-order chi connectivity index (χ1) is 14.9. The summed E-state index contributed by atoms with van der Waals surface area (Å²) in [6.07, 6.45) is -0.271. The van der Waals surface area contributed by atoms with Crippen LogP contribution in [0.1, 0.15) is 59.4 Å². The third-order valence-corrected chi connectivity index (χ3v) is 4.45. The lowest BCUT2D eigenvalue weighted by Crippen LogP contribution is -2.46. The molecule has 1 aromatic rings. The van der Waals surface area contributed by atoms with E-state index in [9.17, 15) is 19.2 Å². The first kappa shape index (κ1) is 25.2. The predicted molar refractivity (Wildman–Crippen MR) is 113 cm³/mol. The summed E-state index contributed by atoms with van der Waals surface area (Å²) in [5, 5.41) is 2.51. The summed E-state index contributed by atoms with van der Waals surface area (Å²) in [5.41, 5.74) is 0.0533. The van der Waals surface area contributed by atoms with Crippen LogP contribution in [0.3, 0.4) is 0 Å². The van der Waals surface area contributed by atoms with E-state index in [2.05, 4.69) is 5.32 Å². The number of benzene rings is 1. The number of amides is 1. The first-order valence-corrected chi connectivity index (χ1v) is 10.5. The molecule has 1 aromatic carbocycles. The minimum atomic E-state index is -1.30. The van der Waals surface area contributed by atoms with Crippen molar-refractivity contribution >= 4 is 24.0 Å². The number of carbonyl (C=O) groups is 4. The van der Waals surface area contributed by atoms with E-state index in [-0.39, 0.29) is 25.9 Å². The largest absolute Gasteiger partial charge is 0.459 e. The van der Waals surface area contributed by atoms with Crippen molar-refractivity contribution in [3.8, 4) is 0 Å². The lowest BCUT2D eigenvalue weighted by molar-refractivity contribution is -0.240. The van der Waals surface area contributed by atoms with Gasteiger partial charge in [0.25, 0.3) is 5.79 Å². The fourth-order valence-corrected chi connectivity index (χ4v) is 3.03. The fourth-order valence-electron chi connectivity index (χ4n) is 3.03. The zero-order valence-corrected chi connectivity index (χ0v) is 19.1. The molecule has 32 heavy (non-hydrogen) atoms. The highest BCUT2D eigenvalue weighted by atomic mass is 16.7. The number of nitrogens with one attached hydrogen (secondary N) is 1. The monoisotopic (exact) mass is 449 g/mol. The average Bonchev–Trinajstić information content (AvgIpc) is 2.65. The zero-order valence-electron chi connectivity index (χ0n) is 19.1. The van der Waals surface area contributed by atoms with Gasteiger partial charge in [-0.2, -0.15) is 0 Å². The van der Waals surface area contributed by atoms with E-state index in [0.29, 0.717) is 0 Å². The van der Waals surface area contributed by atoms with Crippen molar-refractivity contribution in [1.29, 1.82) is 0 Å². The molecule has 1 atom stereocenters. The van der Waals surface area contributed by atoms with E-state index in [1.807, 2.05) is 30.3 Å². The summed E-state index contributed by atoms with van der Waals surface area (Å²) >= 11 is 0. The van der Waals surface area contributed by atoms with Gasteiger partial charge in [-0.1, -0.05) is 30.3 Å². The van der Waals surface area contributed by atoms with Gasteiger partial charge < -0.3 is 24.3 Å². The molecule has 0 saturated carbocycles. The molecule has 1 heterocycles. The average molecular weight is 450 g/mol. The van der Waals surface area contributed by atoms with Gasteiger partial charge in [0.05, 0.1) is 0 Å². The van der Waals surface area contributed by atoms with Crippen LogP contribution in [0.5, 0.6) is 0 Å². The van der Waals surface area contributed by atoms with E-state index in [0.717, 1.165) is 5.56 Å². The molecule has 9 heteroatoms. The van der Waals surface area contributed by atoms with Gasteiger partial charge in [-0.3, -0.25) is 9.59 Å². The first-order valence-electron chi connectivity index (χ1n) is 10.5. The van der Waals surface area contributed by atoms with E-state index in [1.165, 1.54) is 13.8 Å². The summed E-state index contributed by atoms with van der Waals surface area (Å²) in [6, 6.07) is 8.10. The Labute approximate surface area is 187 Å². The minimum Gasteiger partial charge on any atom is -0.459 e. The van der Waals surface area contributed by atoms with Crippen LogP contribution in [0, 0.1) is 5.92 Å². The van der Waals surface area contributed by atoms with E-state index >= 15 is 0 Å². The number of ether oxygens (including phenoxy) is 4. The number of rotatable bonds is 8. The highest BCUT2D eigenvalue weighted by Crippen LogP contribution is 2.26. The van der Waals surface area contributed by atoms with Gasteiger partial charge in [-0.15, -0.1) is 0 Å². The van der Waals surface area contributed by atoms with Crippen molar-refractivity contribution < 1.29 is 38.1 Å². The van der Waals surface area contributed by atoms with Gasteiger partial charge >= 0.3 is 24.0 Å². The standard InChI is InChI=1S/C23H31NO8/c1-22(2,3)32-21(28)24-17(20(27)29-14-15-10-7-6-8-11-15)13-9-12-16-18(25)30-23(4,5)31-19(16)26/h6-8,10-11,16-17H,9,12-14H2,1-5H3,(H,24,28). The second-order valence-electron chi connectivity index (χ2n) is 9.02. The van der Waals surface area contributed by atoms with Crippen molar-refractivity contribution in [3.63, 3.8) is 0 Å². The van der Waals surface area contributed by atoms with Gasteiger partial charge in [0.15, 0.2) is 5.92 Å². The maximum absolute atomic E-state index is 12.6. The third kappa shape index (κ3) is 8.20. The Morgan fingerprint density at radius 3 is 2.25 bits per heavy atom. The van der Waals surface area contributed by atoms with Crippen LogP contribution < -0.4 is 5.32 Å². The number of hydrogen-bond acceptors (Lipinski definition) is 8. The minimum absolute atomic E-state index is 0.0442. The molecule has 9 nitrogen and oxygen atoms in total. The summed E-state index contributed by atoms with van der Waals surface area (Å²) in [4.78, 5) is 49.1. The molecule has 1 aliphatic rings. The topological polar surface area (TPSA) is 117 Å². The summed E-state index contributed by atoms with van der Waals surface area (Å²) in [5.74, 6) is -4.36. The molecule has 176 valence electrons. The summed E-state index contributed by atoms with van der Waals surface area (Å²) < 4.78 is 20.8. The zero-order chi connectivity index (χ0) is 23.9. The molecule has 1 fully saturated rings. The van der Waals surface area contributed by atoms with E-state index in [4.69, 9.17) is 18.9 Å². The molecule has 1 N–H and O–H groups in total. The summed E-state index contributed by atoms with van der Waals surface area (Å²) in [7, 11) is 0. The Balaban J connectivity index is 1.97. The number of alkyl carbamates (subject to hydrolysis) is 1. The van der Waals surface area contributed by atoms with Crippen molar-refractivity contribution in [2.75, 3.05) is 0 Å². The van der Waals surface area contributed by atoms with Gasteiger partial charge in [0.1, 0.15) is 18.2 Å². The maximum atomic E-state index is 12.6. The lowest BCUT2D eigenvalue weighted by Gasteiger charge is -2.33. The molecule has 0 spiro atoms. The fraction of sp³-hybridized carbons (Fsp3) is 0.565. The normalized spacial score (nSPS) is 17.0. The van der Waals surface area contributed by atoms with E-state index < -0.39 is 47.3 Å². The Kier molecular flexibility index (Phi) is 8.24. The van der Waals surface area contributed by atoms with Crippen molar-refractivity contribution in [1.82, 2.24) is 5.32 Å². The molecule has 1 aliphatic heterocycles. The molecule has 0 radical (unpaired) electrons. The number of cyclic esters (lactones) is 2. The molecule has 0 aromatic heterocycles. The highest BCUT2D eigenvalue weighted by Gasteiger charge is 2.42. The van der Waals surface area contributed by atoms with Crippen molar-refractivity contribution in [3.05, 3.63) is 35.9 Å². The Hall–Kier alpha value is -3.10. The quantitative estimate of drug-likeness (QED) is 0.365. The second kappa shape index (κ2) is 10.5. The predicted octanol–water partition coefficient (Wildman–Crippen LogP) is 3.25. The molecular formula is C23H31NO8. The van der Waals surface area contributed by atoms with E-state index in [1.54, 1.807) is 20.8 Å². The van der Waals surface area contributed by atoms with Crippen LogP contribution in [-0.2, 0) is 39.9 Å². The lowest BCUT2D eigenvalue weighted by atomic mass is 9.98. The second-order valence-corrected chi connectivity index (χ2v) is 9.02. The molecule has 1 unspecified atom stereocenters. The molecule has 2 rings (SSSR count). The van der Waals surface area contributed by atoms with Crippen LogP contribution in [-0.4, -0.2) is 41.4 Å². The van der Waals surface area contributed by atoms with Crippen molar-refractivity contribution in [2.45, 2.75) is 77.9 Å². The molecule has 0 aliphatic carbocycles. The molecule has 0 bridgehead atoms. The smallest absolute Gasteiger partial charge is 0.408 e. The molecule has 1 saturated heterocycles. The van der Waals surface area contributed by atoms with Gasteiger partial charge in [-0.25, -0.2) is 9.59 Å². The van der Waals surface area contributed by atoms with Crippen LogP contribution >= 0.6 is 0 Å². The van der Waals surface area contributed by atoms with Gasteiger partial charge in [-0.05, 0) is 45.6 Å². The number of carbonyl (C=O) groups excluding carboxylic acids is 4. The Morgan fingerprint density at radius 1 is 1.09 bits per heavy atom. The molecule has 1 amide bonds. The van der Waals surface area contributed by atoms with Crippen LogP contribution in [0.2, 0.25) is 0 Å². The number of hydrogen-bond donors (Lipinski definition) is 1. The molecular weight excluding hydrogens is 418 g/mol.